The molecule has 22 heavy (non-hydrogen) atoms. The van der Waals surface area contributed by atoms with Gasteiger partial charge in [0.25, 0.3) is 0 Å². The van der Waals surface area contributed by atoms with Crippen LogP contribution < -0.4 is 0 Å². The van der Waals surface area contributed by atoms with Gasteiger partial charge in [-0.25, -0.2) is 0 Å². The fourth-order valence-corrected chi connectivity index (χ4v) is 5.46. The van der Waals surface area contributed by atoms with Crippen molar-refractivity contribution >= 4 is 31.9 Å². The first-order chi connectivity index (χ1) is 10.7. The topological polar surface area (TPSA) is 0 Å². The highest BCUT2D eigenvalue weighted by molar-refractivity contribution is 9.12. The molecule has 0 saturated carbocycles. The Morgan fingerprint density at radius 2 is 1.55 bits per heavy atom. The normalized spacial score (nSPS) is 28.9. The highest BCUT2D eigenvalue weighted by Crippen LogP contribution is 2.55. The molecule has 0 amide bonds. The van der Waals surface area contributed by atoms with Crippen LogP contribution in [0, 0.1) is 11.8 Å². The largest absolute Gasteiger partial charge is 0.0613 e. The van der Waals surface area contributed by atoms with Crippen molar-refractivity contribution in [3.63, 3.8) is 0 Å². The van der Waals surface area contributed by atoms with Gasteiger partial charge in [-0.1, -0.05) is 70.0 Å². The summed E-state index contributed by atoms with van der Waals surface area (Å²) in [6.45, 7) is 4.50. The molecule has 2 atom stereocenters. The fourth-order valence-electron chi connectivity index (χ4n) is 4.15. The van der Waals surface area contributed by atoms with Crippen molar-refractivity contribution in [1.29, 1.82) is 0 Å². The summed E-state index contributed by atoms with van der Waals surface area (Å²) in [7, 11) is 0. The number of hydrogen-bond acceptors (Lipinski definition) is 0. The molecule has 4 rings (SSSR count). The van der Waals surface area contributed by atoms with Gasteiger partial charge in [0.2, 0.25) is 0 Å². The maximum absolute atomic E-state index is 3.81. The van der Waals surface area contributed by atoms with E-state index in [-0.39, 0.29) is 0 Å². The van der Waals surface area contributed by atoms with Crippen LogP contribution in [-0.2, 0) is 0 Å². The van der Waals surface area contributed by atoms with Crippen molar-refractivity contribution in [1.82, 2.24) is 0 Å². The maximum atomic E-state index is 3.81. The second-order valence-corrected chi connectivity index (χ2v) is 7.89. The average molecular weight is 418 g/mol. The highest BCUT2D eigenvalue weighted by Gasteiger charge is 2.42. The van der Waals surface area contributed by atoms with E-state index < -0.39 is 0 Å². The molecular weight excluding hydrogens is 400 g/mol. The van der Waals surface area contributed by atoms with Gasteiger partial charge in [-0.2, -0.15) is 0 Å². The zero-order valence-corrected chi connectivity index (χ0v) is 16.0. The predicted octanol–water partition coefficient (Wildman–Crippen LogP) is 6.65. The van der Waals surface area contributed by atoms with Gasteiger partial charge in [-0.15, -0.1) is 0 Å². The van der Waals surface area contributed by atoms with Crippen LogP contribution in [0.25, 0.3) is 0 Å². The Labute approximate surface area is 149 Å². The molecule has 0 aromatic carbocycles. The third kappa shape index (κ3) is 1.93. The molecule has 0 aliphatic heterocycles. The molecule has 4 aliphatic rings. The summed E-state index contributed by atoms with van der Waals surface area (Å²) >= 11 is 7.62. The van der Waals surface area contributed by atoms with Crippen LogP contribution in [0.15, 0.2) is 78.9 Å². The molecule has 0 spiro atoms. The standard InChI is InChI=1S/C20H18Br2/c1-3-11-9-17(21)15-8-6-14-12(4-2)10-18(22)16-7-5-13(11)19(15)20(14)16/h5-10,19-20H,3-4H2,1-2H3. The van der Waals surface area contributed by atoms with E-state index in [1.165, 1.54) is 42.4 Å². The number of hydrogen-bond donors (Lipinski definition) is 0. The van der Waals surface area contributed by atoms with Gasteiger partial charge in [0, 0.05) is 20.8 Å². The predicted molar refractivity (Wildman–Crippen MR) is 101 cm³/mol. The zero-order chi connectivity index (χ0) is 15.4. The molecule has 0 radical (unpaired) electrons. The SMILES string of the molecule is CCC1=CC(Br)=C2C=CC3=C(CC)C=C(Br)C4=CC=C1C2C43. The third-order valence-electron chi connectivity index (χ3n) is 5.22. The fraction of sp³-hybridized carbons (Fsp3) is 0.300. The van der Waals surface area contributed by atoms with Gasteiger partial charge in [-0.05, 0) is 58.4 Å². The van der Waals surface area contributed by atoms with E-state index in [1.54, 1.807) is 0 Å². The Morgan fingerprint density at radius 3 is 2.27 bits per heavy atom. The highest BCUT2D eigenvalue weighted by atomic mass is 79.9. The van der Waals surface area contributed by atoms with E-state index in [4.69, 9.17) is 0 Å². The second kappa shape index (κ2) is 5.35. The van der Waals surface area contributed by atoms with Crippen LogP contribution in [0.1, 0.15) is 26.7 Å². The zero-order valence-electron chi connectivity index (χ0n) is 12.8. The van der Waals surface area contributed by atoms with Gasteiger partial charge in [-0.3, -0.25) is 0 Å². The first-order valence-electron chi connectivity index (χ1n) is 7.96. The summed E-state index contributed by atoms with van der Waals surface area (Å²) in [6, 6.07) is 0. The van der Waals surface area contributed by atoms with E-state index in [0.29, 0.717) is 11.8 Å². The smallest absolute Gasteiger partial charge is 0.0216 e. The number of rotatable bonds is 2. The van der Waals surface area contributed by atoms with Gasteiger partial charge in [0.1, 0.15) is 0 Å². The van der Waals surface area contributed by atoms with E-state index in [2.05, 4.69) is 82.2 Å². The van der Waals surface area contributed by atoms with E-state index in [9.17, 15) is 0 Å². The number of allylic oxidation sites excluding steroid dienone is 14. The van der Waals surface area contributed by atoms with Crippen molar-refractivity contribution < 1.29 is 0 Å². The maximum Gasteiger partial charge on any atom is 0.0216 e. The molecule has 0 aromatic rings. The van der Waals surface area contributed by atoms with Gasteiger partial charge >= 0.3 is 0 Å². The summed E-state index contributed by atoms with van der Waals surface area (Å²) in [5, 5.41) is 0. The van der Waals surface area contributed by atoms with Gasteiger partial charge < -0.3 is 0 Å². The molecule has 0 fully saturated rings. The van der Waals surface area contributed by atoms with Crippen molar-refractivity contribution in [3.8, 4) is 0 Å². The molecule has 112 valence electrons. The molecule has 0 saturated heterocycles. The van der Waals surface area contributed by atoms with Crippen molar-refractivity contribution in [2.24, 2.45) is 11.8 Å². The molecule has 0 nitrogen and oxygen atoms in total. The van der Waals surface area contributed by atoms with E-state index in [1.807, 2.05) is 0 Å². The lowest BCUT2D eigenvalue weighted by Crippen LogP contribution is -2.31. The van der Waals surface area contributed by atoms with Crippen molar-refractivity contribution in [2.45, 2.75) is 26.7 Å². The quantitative estimate of drug-likeness (QED) is 0.471. The third-order valence-corrected chi connectivity index (χ3v) is 6.59. The summed E-state index contributed by atoms with van der Waals surface area (Å²) in [5.74, 6) is 0.939. The molecule has 0 N–H and O–H groups in total. The molecule has 2 heteroatoms. The van der Waals surface area contributed by atoms with Crippen LogP contribution in [0.3, 0.4) is 0 Å². The molecule has 0 heterocycles. The molecule has 4 aliphatic carbocycles. The monoisotopic (exact) mass is 416 g/mol. The van der Waals surface area contributed by atoms with Crippen LogP contribution in [0.2, 0.25) is 0 Å². The van der Waals surface area contributed by atoms with Gasteiger partial charge in [0.05, 0.1) is 0 Å². The van der Waals surface area contributed by atoms with Gasteiger partial charge in [0.15, 0.2) is 0 Å². The minimum Gasteiger partial charge on any atom is -0.0613 e. The molecule has 0 aromatic heterocycles. The van der Waals surface area contributed by atoms with Crippen molar-refractivity contribution in [3.05, 3.63) is 78.9 Å². The Balaban J connectivity index is 2.01. The van der Waals surface area contributed by atoms with E-state index >= 15 is 0 Å². The van der Waals surface area contributed by atoms with E-state index in [0.717, 1.165) is 12.8 Å². The molecular formula is C20H18Br2. The van der Waals surface area contributed by atoms with Crippen LogP contribution in [0.5, 0.6) is 0 Å². The number of halogens is 2. The van der Waals surface area contributed by atoms with Crippen molar-refractivity contribution in [2.75, 3.05) is 0 Å². The Bertz CT molecular complexity index is 779. The first kappa shape index (κ1) is 14.7. The Hall–Kier alpha value is -0.860. The lowest BCUT2D eigenvalue weighted by molar-refractivity contribution is 0.548. The lowest BCUT2D eigenvalue weighted by Gasteiger charge is -2.43. The molecule has 2 unspecified atom stereocenters. The first-order valence-corrected chi connectivity index (χ1v) is 9.55. The summed E-state index contributed by atoms with van der Waals surface area (Å²) in [5.41, 5.74) is 8.81. The second-order valence-electron chi connectivity index (χ2n) is 6.19. The van der Waals surface area contributed by atoms with Crippen LogP contribution in [-0.4, -0.2) is 0 Å². The lowest BCUT2D eigenvalue weighted by atomic mass is 9.62. The Morgan fingerprint density at radius 1 is 0.864 bits per heavy atom. The minimum absolute atomic E-state index is 0.470. The Kier molecular flexibility index (Phi) is 3.58. The van der Waals surface area contributed by atoms with Crippen LogP contribution in [0.4, 0.5) is 0 Å². The summed E-state index contributed by atoms with van der Waals surface area (Å²) in [6.07, 6.45) is 16.1. The summed E-state index contributed by atoms with van der Waals surface area (Å²) in [4.78, 5) is 0. The average Bonchev–Trinajstić information content (AvgIpc) is 2.55. The molecule has 0 bridgehead atoms. The summed E-state index contributed by atoms with van der Waals surface area (Å²) < 4.78 is 2.51. The van der Waals surface area contributed by atoms with Crippen LogP contribution >= 0.6 is 31.9 Å². The minimum atomic E-state index is 0.470.